The van der Waals surface area contributed by atoms with E-state index in [-0.39, 0.29) is 17.3 Å². The molecular weight excluding hydrogens is 270 g/mol. The van der Waals surface area contributed by atoms with Crippen LogP contribution in [-0.2, 0) is 4.74 Å². The van der Waals surface area contributed by atoms with Crippen LogP contribution in [0.15, 0.2) is 17.1 Å². The Bertz CT molecular complexity index is 508. The fraction of sp³-hybridized carbons (Fsp3) is 0.733. The molecule has 0 aliphatic carbocycles. The average molecular weight is 297 g/mol. The van der Waals surface area contributed by atoms with Crippen LogP contribution >= 0.6 is 0 Å². The Balaban J connectivity index is 0.00000106. The van der Waals surface area contributed by atoms with Crippen molar-refractivity contribution >= 4 is 5.82 Å². The summed E-state index contributed by atoms with van der Waals surface area (Å²) in [7, 11) is 0. The maximum atomic E-state index is 11.7. The summed E-state index contributed by atoms with van der Waals surface area (Å²) in [4.78, 5) is 15.4. The highest BCUT2D eigenvalue weighted by molar-refractivity contribution is 5.23. The quantitative estimate of drug-likeness (QED) is 0.870. The van der Waals surface area contributed by atoms with Gasteiger partial charge in [0.1, 0.15) is 11.9 Å². The Hall–Kier alpha value is -1.40. The number of anilines is 1. The van der Waals surface area contributed by atoms with Crippen molar-refractivity contribution in [1.29, 1.82) is 0 Å². The molecule has 0 bridgehead atoms. The molecule has 0 spiro atoms. The van der Waals surface area contributed by atoms with Crippen molar-refractivity contribution in [3.8, 4) is 0 Å². The molecule has 3 atom stereocenters. The Morgan fingerprint density at radius 2 is 2.10 bits per heavy atom. The molecule has 1 aromatic rings. The largest absolute Gasteiger partial charge is 0.388 e. The van der Waals surface area contributed by atoms with Crippen LogP contribution < -0.4 is 11.4 Å². The fourth-order valence-electron chi connectivity index (χ4n) is 2.41. The van der Waals surface area contributed by atoms with E-state index in [2.05, 4.69) is 25.8 Å². The van der Waals surface area contributed by atoms with Crippen LogP contribution in [0.1, 0.15) is 53.7 Å². The van der Waals surface area contributed by atoms with E-state index in [4.69, 9.17) is 10.5 Å². The van der Waals surface area contributed by atoms with Gasteiger partial charge >= 0.3 is 5.69 Å². The second kappa shape index (κ2) is 7.04. The Labute approximate surface area is 126 Å². The summed E-state index contributed by atoms with van der Waals surface area (Å²) < 4.78 is 7.08. The Morgan fingerprint density at radius 1 is 1.48 bits per heavy atom. The molecule has 2 heterocycles. The van der Waals surface area contributed by atoms with Crippen molar-refractivity contribution < 1.29 is 9.84 Å². The van der Waals surface area contributed by atoms with Crippen LogP contribution in [0.3, 0.4) is 0 Å². The van der Waals surface area contributed by atoms with Gasteiger partial charge in [0.25, 0.3) is 0 Å². The van der Waals surface area contributed by atoms with Crippen molar-refractivity contribution in [2.45, 2.75) is 65.9 Å². The number of aromatic nitrogens is 2. The van der Waals surface area contributed by atoms with Crippen LogP contribution in [-0.4, -0.2) is 26.9 Å². The highest BCUT2D eigenvalue weighted by Gasteiger charge is 2.37. The van der Waals surface area contributed by atoms with E-state index in [1.54, 1.807) is 0 Å². The first-order chi connectivity index (χ1) is 9.76. The van der Waals surface area contributed by atoms with Gasteiger partial charge in [-0.2, -0.15) is 4.98 Å². The minimum absolute atomic E-state index is 0.0514. The van der Waals surface area contributed by atoms with E-state index >= 15 is 0 Å². The van der Waals surface area contributed by atoms with Gasteiger partial charge in [0.05, 0.1) is 6.10 Å². The minimum Gasteiger partial charge on any atom is -0.388 e. The lowest BCUT2D eigenvalue weighted by Gasteiger charge is -2.23. The third-order valence-corrected chi connectivity index (χ3v) is 3.13. The number of ether oxygens (including phenoxy) is 1. The Morgan fingerprint density at radius 3 is 2.62 bits per heavy atom. The van der Waals surface area contributed by atoms with Gasteiger partial charge in [-0.3, -0.25) is 4.57 Å². The van der Waals surface area contributed by atoms with Gasteiger partial charge in [-0.1, -0.05) is 34.6 Å². The number of rotatable bonds is 2. The van der Waals surface area contributed by atoms with Crippen molar-refractivity contribution in [1.82, 2.24) is 9.55 Å². The molecule has 1 unspecified atom stereocenters. The lowest BCUT2D eigenvalue weighted by molar-refractivity contribution is -0.0487. The monoisotopic (exact) mass is 297 g/mol. The summed E-state index contributed by atoms with van der Waals surface area (Å²) in [5.74, 6) is 0.167. The maximum Gasteiger partial charge on any atom is 0.351 e. The van der Waals surface area contributed by atoms with Gasteiger partial charge in [0, 0.05) is 12.6 Å². The van der Waals surface area contributed by atoms with Gasteiger partial charge in [-0.25, -0.2) is 4.79 Å². The molecule has 2 rings (SSSR count). The first kappa shape index (κ1) is 17.7. The molecular formula is C15H27N3O3. The molecule has 1 aromatic heterocycles. The van der Waals surface area contributed by atoms with Crippen molar-refractivity contribution in [3.05, 3.63) is 22.7 Å². The van der Waals surface area contributed by atoms with E-state index in [1.807, 2.05) is 13.8 Å². The molecule has 6 heteroatoms. The standard InChI is InChI=1S/C13H21N3O3.C2H6/c1-13(2,3)7-8-6-9(17)11(19-8)16-5-4-10(14)15-12(16)18;1-2/h4-5,8-9,11,17H,6-7H2,1-3H3,(H2,14,15,18);1-2H3/t8?,9-,11+;/m0./s1. The molecule has 3 N–H and O–H groups in total. The number of nitrogen functional groups attached to an aromatic ring is 1. The summed E-state index contributed by atoms with van der Waals surface area (Å²) in [6, 6.07) is 1.52. The van der Waals surface area contributed by atoms with Crippen LogP contribution in [0.2, 0.25) is 0 Å². The summed E-state index contributed by atoms with van der Waals surface area (Å²) in [6.45, 7) is 10.4. The average Bonchev–Trinajstić information content (AvgIpc) is 2.70. The first-order valence-electron chi connectivity index (χ1n) is 7.44. The first-order valence-corrected chi connectivity index (χ1v) is 7.44. The van der Waals surface area contributed by atoms with Gasteiger partial charge in [0.2, 0.25) is 0 Å². The lowest BCUT2D eigenvalue weighted by atomic mass is 9.88. The second-order valence-electron chi connectivity index (χ2n) is 6.26. The number of hydrogen-bond donors (Lipinski definition) is 2. The Kier molecular flexibility index (Phi) is 5.92. The molecule has 1 aliphatic rings. The van der Waals surface area contributed by atoms with Gasteiger partial charge in [-0.05, 0) is 17.9 Å². The highest BCUT2D eigenvalue weighted by Crippen LogP contribution is 2.34. The fourth-order valence-corrected chi connectivity index (χ4v) is 2.41. The molecule has 0 aromatic carbocycles. The van der Waals surface area contributed by atoms with E-state index in [0.29, 0.717) is 6.42 Å². The molecule has 120 valence electrons. The third-order valence-electron chi connectivity index (χ3n) is 3.13. The SMILES string of the molecule is CC.CC(C)(C)CC1C[C@H](O)[C@H](n2ccc(N)nc2=O)O1. The topological polar surface area (TPSA) is 90.4 Å². The zero-order valence-electron chi connectivity index (χ0n) is 13.5. The van der Waals surface area contributed by atoms with Gasteiger partial charge < -0.3 is 15.6 Å². The van der Waals surface area contributed by atoms with E-state index in [0.717, 1.165) is 6.42 Å². The summed E-state index contributed by atoms with van der Waals surface area (Å²) >= 11 is 0. The molecule has 0 amide bonds. The summed E-state index contributed by atoms with van der Waals surface area (Å²) in [5.41, 5.74) is 5.06. The highest BCUT2D eigenvalue weighted by atomic mass is 16.5. The predicted octanol–water partition coefficient (Wildman–Crippen LogP) is 1.94. The molecule has 1 aliphatic heterocycles. The maximum absolute atomic E-state index is 11.7. The van der Waals surface area contributed by atoms with Crippen molar-refractivity contribution in [2.24, 2.45) is 5.41 Å². The number of aliphatic hydroxyl groups is 1. The molecule has 6 nitrogen and oxygen atoms in total. The zero-order valence-corrected chi connectivity index (χ0v) is 13.5. The van der Waals surface area contributed by atoms with Gasteiger partial charge in [-0.15, -0.1) is 0 Å². The van der Waals surface area contributed by atoms with Crippen LogP contribution in [0.25, 0.3) is 0 Å². The van der Waals surface area contributed by atoms with E-state index in [9.17, 15) is 9.90 Å². The number of hydrogen-bond acceptors (Lipinski definition) is 5. The van der Waals surface area contributed by atoms with Crippen LogP contribution in [0.4, 0.5) is 5.82 Å². The summed E-state index contributed by atoms with van der Waals surface area (Å²) in [5, 5.41) is 10.1. The number of nitrogens with zero attached hydrogens (tertiary/aromatic N) is 2. The van der Waals surface area contributed by atoms with E-state index in [1.165, 1.54) is 16.8 Å². The second-order valence-corrected chi connectivity index (χ2v) is 6.26. The van der Waals surface area contributed by atoms with Crippen molar-refractivity contribution in [3.63, 3.8) is 0 Å². The van der Waals surface area contributed by atoms with E-state index < -0.39 is 18.0 Å². The van der Waals surface area contributed by atoms with Crippen LogP contribution in [0, 0.1) is 5.41 Å². The number of nitrogens with two attached hydrogens (primary N) is 1. The smallest absolute Gasteiger partial charge is 0.351 e. The summed E-state index contributed by atoms with van der Waals surface area (Å²) in [6.07, 6.45) is 1.45. The molecule has 1 fully saturated rings. The van der Waals surface area contributed by atoms with Gasteiger partial charge in [0.15, 0.2) is 6.23 Å². The van der Waals surface area contributed by atoms with Crippen molar-refractivity contribution in [2.75, 3.05) is 5.73 Å². The minimum atomic E-state index is -0.699. The zero-order chi connectivity index (χ0) is 16.2. The van der Waals surface area contributed by atoms with Crippen LogP contribution in [0.5, 0.6) is 0 Å². The number of aliphatic hydroxyl groups excluding tert-OH is 1. The molecule has 21 heavy (non-hydrogen) atoms. The molecule has 1 saturated heterocycles. The molecule has 0 saturated carbocycles. The predicted molar refractivity (Wildman–Crippen MR) is 82.9 cm³/mol. The third kappa shape index (κ3) is 4.82. The lowest BCUT2D eigenvalue weighted by Crippen LogP contribution is -2.31. The normalized spacial score (nSPS) is 25.3. The molecule has 0 radical (unpaired) electrons.